The lowest BCUT2D eigenvalue weighted by molar-refractivity contribution is -0.0153. The number of benzene rings is 3. The average Bonchev–Trinajstić information content (AvgIpc) is 2.89. The molecule has 5 rings (SSSR count). The van der Waals surface area contributed by atoms with Crippen molar-refractivity contribution in [3.05, 3.63) is 90.0 Å². The van der Waals surface area contributed by atoms with E-state index in [1.165, 1.54) is 0 Å². The Labute approximate surface area is 195 Å². The van der Waals surface area contributed by atoms with E-state index >= 15 is 0 Å². The first-order valence-electron chi connectivity index (χ1n) is 11.8. The van der Waals surface area contributed by atoms with Crippen molar-refractivity contribution in [2.24, 2.45) is 5.92 Å². The van der Waals surface area contributed by atoms with E-state index in [0.29, 0.717) is 19.8 Å². The van der Waals surface area contributed by atoms with Crippen LogP contribution in [0.15, 0.2) is 78.9 Å². The third-order valence-electron chi connectivity index (χ3n) is 6.80. The van der Waals surface area contributed by atoms with Crippen LogP contribution >= 0.6 is 0 Å². The highest BCUT2D eigenvalue weighted by Gasteiger charge is 2.41. The molecule has 1 fully saturated rings. The Hall–Kier alpha value is -3.02. The zero-order valence-electron chi connectivity index (χ0n) is 18.9. The van der Waals surface area contributed by atoms with Crippen LogP contribution in [0.2, 0.25) is 0 Å². The van der Waals surface area contributed by atoms with Gasteiger partial charge in [0.15, 0.2) is 11.5 Å². The first-order valence-corrected chi connectivity index (χ1v) is 11.8. The van der Waals surface area contributed by atoms with Gasteiger partial charge in [-0.1, -0.05) is 60.7 Å². The number of hydrogen-bond donors (Lipinski definition) is 1. The Bertz CT molecular complexity index is 993. The molecule has 0 radical (unpaired) electrons. The molecular formula is C28H31NO4. The minimum absolute atomic E-state index is 0.164. The molecule has 3 aromatic rings. The first kappa shape index (κ1) is 21.8. The van der Waals surface area contributed by atoms with Crippen molar-refractivity contribution in [2.75, 3.05) is 39.5 Å². The molecule has 3 aromatic carbocycles. The van der Waals surface area contributed by atoms with E-state index in [9.17, 15) is 5.11 Å². The van der Waals surface area contributed by atoms with Crippen LogP contribution < -0.4 is 14.2 Å². The van der Waals surface area contributed by atoms with Crippen LogP contribution in [0.4, 0.5) is 0 Å². The van der Waals surface area contributed by atoms with Crippen LogP contribution in [0.25, 0.3) is 0 Å². The van der Waals surface area contributed by atoms with Crippen molar-refractivity contribution in [1.29, 1.82) is 0 Å². The van der Waals surface area contributed by atoms with E-state index in [1.54, 1.807) is 0 Å². The van der Waals surface area contributed by atoms with Gasteiger partial charge >= 0.3 is 0 Å². The lowest BCUT2D eigenvalue weighted by Crippen LogP contribution is -2.45. The van der Waals surface area contributed by atoms with Crippen LogP contribution in [0, 0.1) is 5.92 Å². The number of piperidine rings is 1. The Morgan fingerprint density at radius 3 is 2.06 bits per heavy atom. The fourth-order valence-electron chi connectivity index (χ4n) is 5.00. The van der Waals surface area contributed by atoms with Crippen LogP contribution in [-0.4, -0.2) is 49.5 Å². The van der Waals surface area contributed by atoms with Gasteiger partial charge in [0.25, 0.3) is 0 Å². The quantitative estimate of drug-likeness (QED) is 0.581. The second-order valence-corrected chi connectivity index (χ2v) is 8.77. The predicted octanol–water partition coefficient (Wildman–Crippen LogP) is 4.48. The summed E-state index contributed by atoms with van der Waals surface area (Å²) in [6, 6.07) is 25.9. The molecule has 0 amide bonds. The van der Waals surface area contributed by atoms with Crippen molar-refractivity contribution >= 4 is 0 Å². The zero-order valence-corrected chi connectivity index (χ0v) is 18.9. The molecule has 5 nitrogen and oxygen atoms in total. The summed E-state index contributed by atoms with van der Waals surface area (Å²) in [6.07, 6.45) is 1.87. The Morgan fingerprint density at radius 1 is 0.818 bits per heavy atom. The molecule has 0 aromatic heterocycles. The average molecular weight is 446 g/mol. The van der Waals surface area contributed by atoms with E-state index in [4.69, 9.17) is 14.2 Å². The highest BCUT2D eigenvalue weighted by atomic mass is 16.6. The van der Waals surface area contributed by atoms with Gasteiger partial charge in [-0.25, -0.2) is 0 Å². The van der Waals surface area contributed by atoms with Gasteiger partial charge < -0.3 is 19.3 Å². The van der Waals surface area contributed by atoms with E-state index in [0.717, 1.165) is 60.9 Å². The van der Waals surface area contributed by atoms with Crippen LogP contribution in [0.5, 0.6) is 17.2 Å². The fraction of sp³-hybridized carbons (Fsp3) is 0.357. The summed E-state index contributed by atoms with van der Waals surface area (Å²) in [7, 11) is 0. The minimum atomic E-state index is -0.976. The lowest BCUT2D eigenvalue weighted by Gasteiger charge is -2.42. The van der Waals surface area contributed by atoms with Crippen molar-refractivity contribution in [2.45, 2.75) is 18.4 Å². The smallest absolute Gasteiger partial charge is 0.165 e. The number of likely N-dealkylation sites (tertiary alicyclic amines) is 1. The summed E-state index contributed by atoms with van der Waals surface area (Å²) < 4.78 is 17.2. The van der Waals surface area contributed by atoms with Gasteiger partial charge in [0, 0.05) is 12.6 Å². The largest absolute Gasteiger partial charge is 0.492 e. The topological polar surface area (TPSA) is 51.2 Å². The van der Waals surface area contributed by atoms with E-state index < -0.39 is 5.60 Å². The van der Waals surface area contributed by atoms with Crippen LogP contribution in [0.3, 0.4) is 0 Å². The van der Waals surface area contributed by atoms with E-state index in [2.05, 4.69) is 4.90 Å². The minimum Gasteiger partial charge on any atom is -0.492 e. The van der Waals surface area contributed by atoms with Gasteiger partial charge in [0.05, 0.1) is 0 Å². The zero-order chi connectivity index (χ0) is 22.5. The van der Waals surface area contributed by atoms with Crippen molar-refractivity contribution in [3.63, 3.8) is 0 Å². The third-order valence-corrected chi connectivity index (χ3v) is 6.80. The maximum absolute atomic E-state index is 12.0. The fourth-order valence-corrected chi connectivity index (χ4v) is 5.00. The molecule has 2 aliphatic heterocycles. The second kappa shape index (κ2) is 9.86. The van der Waals surface area contributed by atoms with Gasteiger partial charge in [-0.3, -0.25) is 4.90 Å². The van der Waals surface area contributed by atoms with Crippen LogP contribution in [-0.2, 0) is 5.60 Å². The van der Waals surface area contributed by atoms with Crippen molar-refractivity contribution in [3.8, 4) is 17.2 Å². The predicted molar refractivity (Wildman–Crippen MR) is 128 cm³/mol. The summed E-state index contributed by atoms with van der Waals surface area (Å²) in [5.41, 5.74) is 0.962. The lowest BCUT2D eigenvalue weighted by atomic mass is 9.72. The summed E-state index contributed by atoms with van der Waals surface area (Å²) in [5, 5.41) is 12.0. The standard InChI is InChI=1S/C28H31NO4/c30-28(22-7-3-1-4-8-22,23-9-5-2-6-10-23)24-13-15-29(16-14-24)17-18-31-25-11-12-26-27(21-25)33-20-19-32-26/h1-12,21,24,30H,13-20H2. The van der Waals surface area contributed by atoms with Crippen molar-refractivity contribution < 1.29 is 19.3 Å². The molecule has 0 bridgehead atoms. The van der Waals surface area contributed by atoms with Gasteiger partial charge in [-0.15, -0.1) is 0 Å². The Morgan fingerprint density at radius 2 is 1.42 bits per heavy atom. The third kappa shape index (κ3) is 4.70. The Kier molecular flexibility index (Phi) is 6.51. The molecule has 33 heavy (non-hydrogen) atoms. The summed E-state index contributed by atoms with van der Waals surface area (Å²) >= 11 is 0. The van der Waals surface area contributed by atoms with Gasteiger partial charge in [0.2, 0.25) is 0 Å². The summed E-state index contributed by atoms with van der Waals surface area (Å²) in [5.74, 6) is 2.49. The van der Waals surface area contributed by atoms with Crippen molar-refractivity contribution in [1.82, 2.24) is 4.90 Å². The molecule has 5 heteroatoms. The molecular weight excluding hydrogens is 414 g/mol. The number of aliphatic hydroxyl groups is 1. The molecule has 0 aliphatic carbocycles. The number of hydrogen-bond acceptors (Lipinski definition) is 5. The number of rotatable bonds is 7. The van der Waals surface area contributed by atoms with Gasteiger partial charge in [-0.2, -0.15) is 0 Å². The highest BCUT2D eigenvalue weighted by molar-refractivity contribution is 5.46. The maximum Gasteiger partial charge on any atom is 0.165 e. The monoisotopic (exact) mass is 445 g/mol. The molecule has 0 saturated carbocycles. The molecule has 1 N–H and O–H groups in total. The SMILES string of the molecule is OC(c1ccccc1)(c1ccccc1)C1CCN(CCOc2ccc3c(c2)OCCO3)CC1. The first-order chi connectivity index (χ1) is 16.2. The molecule has 0 atom stereocenters. The Balaban J connectivity index is 1.19. The van der Waals surface area contributed by atoms with Gasteiger partial charge in [0.1, 0.15) is 31.2 Å². The van der Waals surface area contributed by atoms with Crippen LogP contribution in [0.1, 0.15) is 24.0 Å². The normalized spacial score (nSPS) is 17.0. The number of fused-ring (bicyclic) bond motifs is 1. The maximum atomic E-state index is 12.0. The van der Waals surface area contributed by atoms with E-state index in [1.807, 2.05) is 78.9 Å². The molecule has 1 saturated heterocycles. The molecule has 2 aliphatic rings. The molecule has 0 unspecified atom stereocenters. The highest BCUT2D eigenvalue weighted by Crippen LogP contribution is 2.42. The molecule has 2 heterocycles. The number of ether oxygens (including phenoxy) is 3. The summed E-state index contributed by atoms with van der Waals surface area (Å²) in [6.45, 7) is 4.52. The second-order valence-electron chi connectivity index (χ2n) is 8.77. The molecule has 172 valence electrons. The van der Waals surface area contributed by atoms with E-state index in [-0.39, 0.29) is 5.92 Å². The molecule has 0 spiro atoms. The summed E-state index contributed by atoms with van der Waals surface area (Å²) in [4.78, 5) is 2.42. The number of nitrogens with zero attached hydrogens (tertiary/aromatic N) is 1. The van der Waals surface area contributed by atoms with Gasteiger partial charge in [-0.05, 0) is 55.1 Å².